The first-order valence-corrected chi connectivity index (χ1v) is 6.77. The van der Waals surface area contributed by atoms with E-state index in [2.05, 4.69) is 30.5 Å². The smallest absolute Gasteiger partial charge is 0.117 e. The Morgan fingerprint density at radius 1 is 1.50 bits per heavy atom. The fourth-order valence-electron chi connectivity index (χ4n) is 2.42. The molecule has 0 spiro atoms. The predicted octanol–water partition coefficient (Wildman–Crippen LogP) is 3.20. The lowest BCUT2D eigenvalue weighted by Crippen LogP contribution is -2.43. The van der Waals surface area contributed by atoms with E-state index in [-0.39, 0.29) is 0 Å². The second-order valence-corrected chi connectivity index (χ2v) is 5.21. The largest absolute Gasteiger partial charge is 0.468 e. The topological polar surface area (TPSA) is 16.4 Å². The minimum absolute atomic E-state index is 0.478. The molecule has 0 unspecified atom stereocenters. The van der Waals surface area contributed by atoms with Crippen LogP contribution < -0.4 is 0 Å². The molecular weight excluding hydrogens is 218 g/mol. The van der Waals surface area contributed by atoms with Crippen molar-refractivity contribution in [2.75, 3.05) is 18.8 Å². The third-order valence-electron chi connectivity index (χ3n) is 3.72. The van der Waals surface area contributed by atoms with Gasteiger partial charge in [-0.1, -0.05) is 13.3 Å². The van der Waals surface area contributed by atoms with Gasteiger partial charge >= 0.3 is 0 Å². The third-order valence-corrected chi connectivity index (χ3v) is 4.39. The van der Waals surface area contributed by atoms with Gasteiger partial charge < -0.3 is 4.42 Å². The van der Waals surface area contributed by atoms with E-state index in [0.29, 0.717) is 5.41 Å². The second kappa shape index (κ2) is 5.28. The highest BCUT2D eigenvalue weighted by atomic mass is 32.1. The van der Waals surface area contributed by atoms with Crippen LogP contribution in [0.2, 0.25) is 0 Å². The minimum atomic E-state index is 0.478. The van der Waals surface area contributed by atoms with Crippen LogP contribution in [0.4, 0.5) is 0 Å². The van der Waals surface area contributed by atoms with Gasteiger partial charge in [-0.2, -0.15) is 12.6 Å². The summed E-state index contributed by atoms with van der Waals surface area (Å²) in [7, 11) is 0. The van der Waals surface area contributed by atoms with Crippen molar-refractivity contribution in [3.8, 4) is 0 Å². The molecule has 3 heteroatoms. The zero-order valence-electron chi connectivity index (χ0n) is 9.98. The summed E-state index contributed by atoms with van der Waals surface area (Å²) < 4.78 is 5.40. The molecule has 0 amide bonds. The maximum atomic E-state index is 5.40. The molecule has 1 aliphatic rings. The van der Waals surface area contributed by atoms with Gasteiger partial charge in [0.05, 0.1) is 12.8 Å². The van der Waals surface area contributed by atoms with Crippen LogP contribution in [0.15, 0.2) is 22.8 Å². The zero-order chi connectivity index (χ0) is 11.4. The van der Waals surface area contributed by atoms with Crippen LogP contribution in [-0.2, 0) is 6.54 Å². The fourth-order valence-corrected chi connectivity index (χ4v) is 2.84. The average molecular weight is 239 g/mol. The molecule has 90 valence electrons. The summed E-state index contributed by atoms with van der Waals surface area (Å²) in [6.45, 7) is 5.39. The van der Waals surface area contributed by atoms with E-state index >= 15 is 0 Å². The van der Waals surface area contributed by atoms with E-state index in [4.69, 9.17) is 4.42 Å². The van der Waals surface area contributed by atoms with Gasteiger partial charge in [0.15, 0.2) is 0 Å². The summed E-state index contributed by atoms with van der Waals surface area (Å²) in [6.07, 6.45) is 5.80. The second-order valence-electron chi connectivity index (χ2n) is 4.89. The molecule has 1 saturated carbocycles. The normalized spacial score (nSPS) is 18.7. The number of hydrogen-bond acceptors (Lipinski definition) is 3. The highest BCUT2D eigenvalue weighted by molar-refractivity contribution is 7.80. The van der Waals surface area contributed by atoms with Crippen LogP contribution in [0.5, 0.6) is 0 Å². The van der Waals surface area contributed by atoms with Crippen molar-refractivity contribution < 1.29 is 4.42 Å². The van der Waals surface area contributed by atoms with Crippen molar-refractivity contribution in [3.05, 3.63) is 24.2 Å². The van der Waals surface area contributed by atoms with E-state index in [0.717, 1.165) is 31.1 Å². The molecule has 0 bridgehead atoms. The molecule has 1 aliphatic carbocycles. The Kier molecular flexibility index (Phi) is 3.98. The SMILES string of the molecule is CCN(Cc1ccco1)CC1(CS)CCC1. The molecule has 0 atom stereocenters. The molecule has 1 heterocycles. The summed E-state index contributed by atoms with van der Waals surface area (Å²) >= 11 is 4.51. The van der Waals surface area contributed by atoms with Crippen molar-refractivity contribution in [2.24, 2.45) is 5.41 Å². The van der Waals surface area contributed by atoms with Gasteiger partial charge in [0.25, 0.3) is 0 Å². The van der Waals surface area contributed by atoms with Gasteiger partial charge in [-0.25, -0.2) is 0 Å². The summed E-state index contributed by atoms with van der Waals surface area (Å²) in [5.41, 5.74) is 0.478. The first-order valence-electron chi connectivity index (χ1n) is 6.13. The van der Waals surface area contributed by atoms with Crippen LogP contribution in [0.3, 0.4) is 0 Å². The molecule has 2 nitrogen and oxygen atoms in total. The molecule has 0 aromatic carbocycles. The van der Waals surface area contributed by atoms with Crippen LogP contribution in [0.1, 0.15) is 31.9 Å². The standard InChI is InChI=1S/C13H21NOS/c1-2-14(9-12-5-3-8-15-12)10-13(11-16)6-4-7-13/h3,5,8,16H,2,4,6-7,9-11H2,1H3. The van der Waals surface area contributed by atoms with Crippen molar-refractivity contribution in [3.63, 3.8) is 0 Å². The number of hydrogen-bond donors (Lipinski definition) is 1. The lowest BCUT2D eigenvalue weighted by Gasteiger charge is -2.44. The van der Waals surface area contributed by atoms with Crippen molar-refractivity contribution >= 4 is 12.6 Å². The molecule has 0 N–H and O–H groups in total. The van der Waals surface area contributed by atoms with Gasteiger partial charge in [0.1, 0.15) is 5.76 Å². The van der Waals surface area contributed by atoms with Gasteiger partial charge in [-0.05, 0) is 42.7 Å². The van der Waals surface area contributed by atoms with E-state index in [9.17, 15) is 0 Å². The van der Waals surface area contributed by atoms with Crippen molar-refractivity contribution in [1.82, 2.24) is 4.90 Å². The number of rotatable bonds is 6. The molecule has 2 rings (SSSR count). The van der Waals surface area contributed by atoms with Crippen LogP contribution >= 0.6 is 12.6 Å². The maximum absolute atomic E-state index is 5.40. The Labute approximate surface area is 103 Å². The average Bonchev–Trinajstić information content (AvgIpc) is 2.74. The van der Waals surface area contributed by atoms with Crippen molar-refractivity contribution in [1.29, 1.82) is 0 Å². The van der Waals surface area contributed by atoms with Crippen LogP contribution in [0.25, 0.3) is 0 Å². The van der Waals surface area contributed by atoms with Crippen molar-refractivity contribution in [2.45, 2.75) is 32.7 Å². The van der Waals surface area contributed by atoms with Gasteiger partial charge in [0, 0.05) is 6.54 Å². The van der Waals surface area contributed by atoms with Gasteiger partial charge in [-0.3, -0.25) is 4.90 Å². The molecule has 0 radical (unpaired) electrons. The minimum Gasteiger partial charge on any atom is -0.468 e. The number of furan rings is 1. The molecule has 0 aliphatic heterocycles. The van der Waals surface area contributed by atoms with E-state index in [1.165, 1.54) is 19.3 Å². The summed E-state index contributed by atoms with van der Waals surface area (Å²) in [6, 6.07) is 4.01. The summed E-state index contributed by atoms with van der Waals surface area (Å²) in [5, 5.41) is 0. The maximum Gasteiger partial charge on any atom is 0.117 e. The van der Waals surface area contributed by atoms with E-state index in [1.807, 2.05) is 6.07 Å². The van der Waals surface area contributed by atoms with E-state index in [1.54, 1.807) is 6.26 Å². The quantitative estimate of drug-likeness (QED) is 0.767. The lowest BCUT2D eigenvalue weighted by molar-refractivity contribution is 0.0853. The highest BCUT2D eigenvalue weighted by Gasteiger charge is 2.36. The molecule has 1 aromatic heterocycles. The molecule has 1 aromatic rings. The number of thiol groups is 1. The molecule has 0 saturated heterocycles. The van der Waals surface area contributed by atoms with Gasteiger partial charge in [0.2, 0.25) is 0 Å². The highest BCUT2D eigenvalue weighted by Crippen LogP contribution is 2.42. The number of nitrogens with zero attached hydrogens (tertiary/aromatic N) is 1. The lowest BCUT2D eigenvalue weighted by atomic mass is 9.70. The van der Waals surface area contributed by atoms with Crippen LogP contribution in [-0.4, -0.2) is 23.7 Å². The first kappa shape index (κ1) is 12.1. The summed E-state index contributed by atoms with van der Waals surface area (Å²) in [4.78, 5) is 2.47. The first-order chi connectivity index (χ1) is 7.78. The third kappa shape index (κ3) is 2.64. The van der Waals surface area contributed by atoms with E-state index < -0.39 is 0 Å². The Hall–Kier alpha value is -0.410. The Bertz CT molecular complexity index is 300. The van der Waals surface area contributed by atoms with Gasteiger partial charge in [-0.15, -0.1) is 0 Å². The Balaban J connectivity index is 1.90. The Morgan fingerprint density at radius 3 is 2.75 bits per heavy atom. The fraction of sp³-hybridized carbons (Fsp3) is 0.692. The Morgan fingerprint density at radius 2 is 2.31 bits per heavy atom. The monoisotopic (exact) mass is 239 g/mol. The molecule has 16 heavy (non-hydrogen) atoms. The molecule has 1 fully saturated rings. The van der Waals surface area contributed by atoms with Crippen LogP contribution in [0, 0.1) is 5.41 Å². The predicted molar refractivity (Wildman–Crippen MR) is 69.8 cm³/mol. The zero-order valence-corrected chi connectivity index (χ0v) is 10.9. The summed E-state index contributed by atoms with van der Waals surface area (Å²) in [5.74, 6) is 2.08. The molecular formula is C13H21NOS.